The molecular weight excluding hydrogens is 354 g/mol. The number of carboxylic acids is 1. The molecule has 0 fully saturated rings. The van der Waals surface area contributed by atoms with E-state index in [-0.39, 0.29) is 18.2 Å². The average Bonchev–Trinajstić information content (AvgIpc) is 2.61. The third-order valence-corrected chi connectivity index (χ3v) is 4.18. The zero-order valence-corrected chi connectivity index (χ0v) is 16.6. The Balaban J connectivity index is 2.08. The fourth-order valence-electron chi connectivity index (χ4n) is 2.70. The van der Waals surface area contributed by atoms with E-state index >= 15 is 0 Å². The van der Waals surface area contributed by atoms with Crippen molar-refractivity contribution in [1.82, 2.24) is 0 Å². The third-order valence-electron chi connectivity index (χ3n) is 4.18. The molecular formula is C23H25NO4. The van der Waals surface area contributed by atoms with Gasteiger partial charge in [0.15, 0.2) is 5.60 Å². The van der Waals surface area contributed by atoms with E-state index in [4.69, 9.17) is 9.84 Å². The Morgan fingerprint density at radius 1 is 1.18 bits per heavy atom. The molecule has 0 aliphatic carbocycles. The maximum Gasteiger partial charge on any atom is 0.304 e. The van der Waals surface area contributed by atoms with Crippen molar-refractivity contribution in [1.29, 1.82) is 0 Å². The number of anilines is 1. The Morgan fingerprint density at radius 3 is 2.43 bits per heavy atom. The molecule has 5 nitrogen and oxygen atoms in total. The van der Waals surface area contributed by atoms with Gasteiger partial charge in [0, 0.05) is 5.69 Å². The first-order valence-corrected chi connectivity index (χ1v) is 9.02. The first-order valence-electron chi connectivity index (χ1n) is 9.02. The molecule has 0 saturated carbocycles. The smallest absolute Gasteiger partial charge is 0.304 e. The van der Waals surface area contributed by atoms with Gasteiger partial charge in [-0.05, 0) is 63.1 Å². The zero-order valence-electron chi connectivity index (χ0n) is 16.6. The lowest BCUT2D eigenvalue weighted by atomic mass is 9.96. The van der Waals surface area contributed by atoms with E-state index < -0.39 is 11.6 Å². The molecule has 0 aliphatic rings. The number of nitrogens with one attached hydrogen (secondary N) is 1. The average molecular weight is 379 g/mol. The second kappa shape index (κ2) is 9.09. The molecule has 0 bridgehead atoms. The van der Waals surface area contributed by atoms with Crippen molar-refractivity contribution in [3.05, 3.63) is 59.7 Å². The van der Waals surface area contributed by atoms with Crippen LogP contribution in [0.4, 0.5) is 5.69 Å². The summed E-state index contributed by atoms with van der Waals surface area (Å²) in [5.74, 6) is 4.74. The van der Waals surface area contributed by atoms with Gasteiger partial charge >= 0.3 is 5.97 Å². The van der Waals surface area contributed by atoms with E-state index in [0.29, 0.717) is 11.4 Å². The molecule has 0 saturated heterocycles. The van der Waals surface area contributed by atoms with Gasteiger partial charge in [-0.1, -0.05) is 30.2 Å². The predicted molar refractivity (Wildman–Crippen MR) is 109 cm³/mol. The van der Waals surface area contributed by atoms with Crippen LogP contribution >= 0.6 is 0 Å². The molecule has 1 amide bonds. The van der Waals surface area contributed by atoms with Crippen molar-refractivity contribution < 1.29 is 19.4 Å². The fraction of sp³-hybridized carbons (Fsp3) is 0.304. The summed E-state index contributed by atoms with van der Waals surface area (Å²) >= 11 is 0. The first kappa shape index (κ1) is 21.0. The number of aliphatic carboxylic acids is 1. The highest BCUT2D eigenvalue weighted by molar-refractivity contribution is 5.97. The highest BCUT2D eigenvalue weighted by atomic mass is 16.5. The number of carbonyl (C=O) groups is 2. The minimum absolute atomic E-state index is 0.0656. The van der Waals surface area contributed by atoms with E-state index in [1.165, 1.54) is 0 Å². The standard InChI is InChI=1S/C23H25NO4/c1-5-7-18(15-21(25)26)17-10-12-19(13-11-17)24-22(27)23(3,4)28-20-9-6-8-16(2)14-20/h6,8-14,18H,15H2,1-4H3,(H,24,27)(H,25,26). The molecule has 28 heavy (non-hydrogen) atoms. The van der Waals surface area contributed by atoms with Crippen LogP contribution < -0.4 is 10.1 Å². The number of hydrogen-bond acceptors (Lipinski definition) is 3. The van der Waals surface area contributed by atoms with Gasteiger partial charge in [0.1, 0.15) is 5.75 Å². The molecule has 0 spiro atoms. The Hall–Kier alpha value is -3.26. The SMILES string of the molecule is CC#CC(CC(=O)O)c1ccc(NC(=O)C(C)(C)Oc2cccc(C)c2)cc1. The number of carbonyl (C=O) groups excluding carboxylic acids is 1. The summed E-state index contributed by atoms with van der Waals surface area (Å²) in [6, 6.07) is 14.6. The molecule has 2 aromatic rings. The lowest BCUT2D eigenvalue weighted by Gasteiger charge is -2.25. The summed E-state index contributed by atoms with van der Waals surface area (Å²) in [5, 5.41) is 11.9. The van der Waals surface area contributed by atoms with E-state index in [9.17, 15) is 9.59 Å². The maximum atomic E-state index is 12.7. The van der Waals surface area contributed by atoms with Gasteiger partial charge in [0.05, 0.1) is 12.3 Å². The molecule has 146 valence electrons. The van der Waals surface area contributed by atoms with Crippen molar-refractivity contribution in [3.63, 3.8) is 0 Å². The van der Waals surface area contributed by atoms with Crippen LogP contribution in [0.25, 0.3) is 0 Å². The highest BCUT2D eigenvalue weighted by Gasteiger charge is 2.30. The molecule has 2 N–H and O–H groups in total. The van der Waals surface area contributed by atoms with Crippen molar-refractivity contribution in [2.45, 2.75) is 45.6 Å². The summed E-state index contributed by atoms with van der Waals surface area (Å²) in [4.78, 5) is 23.7. The summed E-state index contributed by atoms with van der Waals surface area (Å²) in [7, 11) is 0. The second-order valence-corrected chi connectivity index (χ2v) is 7.05. The van der Waals surface area contributed by atoms with Crippen LogP contribution in [0.3, 0.4) is 0 Å². The van der Waals surface area contributed by atoms with Gasteiger partial charge in [0.25, 0.3) is 5.91 Å². The zero-order chi connectivity index (χ0) is 20.7. The van der Waals surface area contributed by atoms with E-state index in [1.807, 2.05) is 31.2 Å². The minimum atomic E-state index is -1.06. The topological polar surface area (TPSA) is 75.6 Å². The lowest BCUT2D eigenvalue weighted by Crippen LogP contribution is -2.42. The van der Waals surface area contributed by atoms with Gasteiger partial charge in [0.2, 0.25) is 0 Å². The Kier molecular flexibility index (Phi) is 6.84. The largest absolute Gasteiger partial charge is 0.481 e. The maximum absolute atomic E-state index is 12.7. The van der Waals surface area contributed by atoms with Crippen molar-refractivity contribution in [2.75, 3.05) is 5.32 Å². The lowest BCUT2D eigenvalue weighted by molar-refractivity contribution is -0.137. The van der Waals surface area contributed by atoms with Crippen LogP contribution in [0.1, 0.15) is 44.2 Å². The highest BCUT2D eigenvalue weighted by Crippen LogP contribution is 2.23. The second-order valence-electron chi connectivity index (χ2n) is 7.05. The summed E-state index contributed by atoms with van der Waals surface area (Å²) in [6.45, 7) is 7.05. The first-order chi connectivity index (χ1) is 13.2. The summed E-state index contributed by atoms with van der Waals surface area (Å²) in [6.07, 6.45) is -0.0656. The van der Waals surface area contributed by atoms with Crippen molar-refractivity contribution >= 4 is 17.6 Å². The van der Waals surface area contributed by atoms with Crippen LogP contribution in [0.5, 0.6) is 5.75 Å². The molecule has 2 aromatic carbocycles. The van der Waals surface area contributed by atoms with Gasteiger partial charge in [-0.2, -0.15) is 0 Å². The molecule has 0 heterocycles. The van der Waals surface area contributed by atoms with Gasteiger partial charge in [-0.15, -0.1) is 5.92 Å². The van der Waals surface area contributed by atoms with Crippen LogP contribution in [0.2, 0.25) is 0 Å². The predicted octanol–water partition coefficient (Wildman–Crippen LogP) is 4.37. The molecule has 1 unspecified atom stereocenters. The Labute approximate surface area is 165 Å². The fourth-order valence-corrected chi connectivity index (χ4v) is 2.70. The van der Waals surface area contributed by atoms with Gasteiger partial charge in [-0.25, -0.2) is 0 Å². The summed E-state index contributed by atoms with van der Waals surface area (Å²) < 4.78 is 5.86. The number of aryl methyl sites for hydroxylation is 1. The van der Waals surface area contributed by atoms with Crippen LogP contribution in [0.15, 0.2) is 48.5 Å². The Bertz CT molecular complexity index is 904. The van der Waals surface area contributed by atoms with Crippen LogP contribution in [0, 0.1) is 18.8 Å². The molecule has 5 heteroatoms. The number of amides is 1. The van der Waals surface area contributed by atoms with Gasteiger partial charge in [-0.3, -0.25) is 9.59 Å². The number of carboxylic acid groups (broad SMARTS) is 1. The van der Waals surface area contributed by atoms with Crippen LogP contribution in [-0.2, 0) is 9.59 Å². The summed E-state index contributed by atoms with van der Waals surface area (Å²) in [5.41, 5.74) is 1.39. The number of ether oxygens (including phenoxy) is 1. The molecule has 2 rings (SSSR count). The van der Waals surface area contributed by atoms with Crippen molar-refractivity contribution in [3.8, 4) is 17.6 Å². The molecule has 0 aliphatic heterocycles. The third kappa shape index (κ3) is 5.88. The van der Waals surface area contributed by atoms with Crippen LogP contribution in [-0.4, -0.2) is 22.6 Å². The number of rotatable bonds is 7. The van der Waals surface area contributed by atoms with E-state index in [2.05, 4.69) is 17.2 Å². The number of hydrogen-bond donors (Lipinski definition) is 2. The normalized spacial score (nSPS) is 11.7. The minimum Gasteiger partial charge on any atom is -0.481 e. The molecule has 0 radical (unpaired) electrons. The van der Waals surface area contributed by atoms with E-state index in [1.54, 1.807) is 45.0 Å². The molecule has 1 atom stereocenters. The number of benzene rings is 2. The quantitative estimate of drug-likeness (QED) is 0.701. The molecule has 0 aromatic heterocycles. The van der Waals surface area contributed by atoms with E-state index in [0.717, 1.165) is 11.1 Å². The Morgan fingerprint density at radius 2 is 1.86 bits per heavy atom. The monoisotopic (exact) mass is 379 g/mol. The van der Waals surface area contributed by atoms with Crippen molar-refractivity contribution in [2.24, 2.45) is 0 Å². The van der Waals surface area contributed by atoms with Gasteiger partial charge < -0.3 is 15.2 Å².